The van der Waals surface area contributed by atoms with E-state index in [1.165, 1.54) is 5.39 Å². The van der Waals surface area contributed by atoms with Crippen LogP contribution in [0.3, 0.4) is 0 Å². The van der Waals surface area contributed by atoms with Gasteiger partial charge >= 0.3 is 0 Å². The number of thioether (sulfide) groups is 1. The Kier molecular flexibility index (Phi) is 2.07. The normalized spacial score (nSPS) is 15.1. The molecule has 1 aromatic carbocycles. The van der Waals surface area contributed by atoms with E-state index in [4.69, 9.17) is 0 Å². The van der Waals surface area contributed by atoms with Crippen molar-refractivity contribution < 1.29 is 0 Å². The summed E-state index contributed by atoms with van der Waals surface area (Å²) in [4.78, 5) is 4.39. The lowest BCUT2D eigenvalue weighted by atomic mass is 10.1. The lowest BCUT2D eigenvalue weighted by Crippen LogP contribution is -2.12. The lowest BCUT2D eigenvalue weighted by molar-refractivity contribution is 0.984. The van der Waals surface area contributed by atoms with E-state index in [9.17, 15) is 0 Å². The monoisotopic (exact) mass is 215 g/mol. The molecule has 0 fully saturated rings. The first-order valence-electron chi connectivity index (χ1n) is 4.70. The molecule has 0 unspecified atom stereocenters. The van der Waals surface area contributed by atoms with Crippen molar-refractivity contribution in [3.63, 3.8) is 0 Å². The second kappa shape index (κ2) is 3.55. The van der Waals surface area contributed by atoms with Crippen molar-refractivity contribution in [3.05, 3.63) is 36.5 Å². The number of nitrogens with zero attached hydrogens (tertiary/aromatic N) is 3. The standard InChI is InChI=1S/C11H9N3S/c1-2-4-10-9(3-1)5-6-12-11(10)14-8-15-7-13-14/h1-7H,8H2. The number of anilines is 1. The zero-order valence-electron chi connectivity index (χ0n) is 8.00. The van der Waals surface area contributed by atoms with E-state index in [0.717, 1.165) is 17.1 Å². The summed E-state index contributed by atoms with van der Waals surface area (Å²) in [7, 11) is 0. The SMILES string of the molecule is C1=NN(c2nccc3ccccc23)CS1. The number of aromatic nitrogens is 1. The van der Waals surface area contributed by atoms with Gasteiger partial charge in [0.2, 0.25) is 0 Å². The fourth-order valence-corrected chi connectivity index (χ4v) is 2.23. The van der Waals surface area contributed by atoms with Gasteiger partial charge < -0.3 is 0 Å². The van der Waals surface area contributed by atoms with E-state index in [0.29, 0.717) is 0 Å². The van der Waals surface area contributed by atoms with Gasteiger partial charge in [0.1, 0.15) is 0 Å². The van der Waals surface area contributed by atoms with Crippen molar-refractivity contribution in [1.29, 1.82) is 0 Å². The molecule has 0 bridgehead atoms. The van der Waals surface area contributed by atoms with Gasteiger partial charge in [0.15, 0.2) is 5.82 Å². The predicted molar refractivity (Wildman–Crippen MR) is 65.2 cm³/mol. The number of hydrazone groups is 1. The van der Waals surface area contributed by atoms with Crippen LogP contribution in [0.4, 0.5) is 5.82 Å². The molecule has 74 valence electrons. The van der Waals surface area contributed by atoms with E-state index in [2.05, 4.69) is 22.2 Å². The number of rotatable bonds is 1. The highest BCUT2D eigenvalue weighted by molar-refractivity contribution is 8.12. The average molecular weight is 215 g/mol. The van der Waals surface area contributed by atoms with Crippen LogP contribution < -0.4 is 5.01 Å². The van der Waals surface area contributed by atoms with Crippen molar-refractivity contribution in [3.8, 4) is 0 Å². The van der Waals surface area contributed by atoms with Gasteiger partial charge in [-0.1, -0.05) is 36.0 Å². The van der Waals surface area contributed by atoms with Crippen LogP contribution in [0.1, 0.15) is 0 Å². The number of benzene rings is 1. The van der Waals surface area contributed by atoms with Crippen LogP contribution in [0, 0.1) is 0 Å². The zero-order valence-corrected chi connectivity index (χ0v) is 8.81. The van der Waals surface area contributed by atoms with Crippen molar-refractivity contribution in [2.75, 3.05) is 10.9 Å². The molecular formula is C11H9N3S. The molecule has 15 heavy (non-hydrogen) atoms. The Bertz CT molecular complexity index is 519. The fraction of sp³-hybridized carbons (Fsp3) is 0.0909. The molecule has 3 rings (SSSR count). The highest BCUT2D eigenvalue weighted by atomic mass is 32.2. The minimum Gasteiger partial charge on any atom is -0.237 e. The molecule has 0 amide bonds. The number of hydrogen-bond acceptors (Lipinski definition) is 4. The molecule has 2 aromatic rings. The molecule has 0 radical (unpaired) electrons. The second-order valence-electron chi connectivity index (χ2n) is 3.27. The van der Waals surface area contributed by atoms with E-state index in [-0.39, 0.29) is 0 Å². The molecule has 0 saturated carbocycles. The van der Waals surface area contributed by atoms with Gasteiger partial charge in [-0.2, -0.15) is 5.10 Å². The van der Waals surface area contributed by atoms with Crippen molar-refractivity contribution in [2.45, 2.75) is 0 Å². The Morgan fingerprint density at radius 3 is 3.00 bits per heavy atom. The van der Waals surface area contributed by atoms with Crippen LogP contribution >= 0.6 is 11.8 Å². The first-order chi connectivity index (χ1) is 7.45. The number of fused-ring (bicyclic) bond motifs is 1. The van der Waals surface area contributed by atoms with Crippen molar-refractivity contribution in [2.24, 2.45) is 5.10 Å². The molecule has 2 heterocycles. The minimum absolute atomic E-state index is 0.848. The summed E-state index contributed by atoms with van der Waals surface area (Å²) in [5.41, 5.74) is 1.85. The van der Waals surface area contributed by atoms with Gasteiger partial charge in [0, 0.05) is 11.6 Å². The maximum absolute atomic E-state index is 4.39. The Morgan fingerprint density at radius 2 is 2.13 bits per heavy atom. The topological polar surface area (TPSA) is 28.5 Å². The quantitative estimate of drug-likeness (QED) is 0.732. The summed E-state index contributed by atoms with van der Waals surface area (Å²) >= 11 is 1.68. The van der Waals surface area contributed by atoms with Gasteiger partial charge in [-0.15, -0.1) is 0 Å². The van der Waals surface area contributed by atoms with Gasteiger partial charge in [-0.05, 0) is 11.5 Å². The van der Waals surface area contributed by atoms with Gasteiger partial charge in [-0.25, -0.2) is 9.99 Å². The van der Waals surface area contributed by atoms with E-state index >= 15 is 0 Å². The molecule has 0 atom stereocenters. The van der Waals surface area contributed by atoms with E-state index in [1.807, 2.05) is 35.0 Å². The highest BCUT2D eigenvalue weighted by Crippen LogP contribution is 2.27. The third-order valence-corrected chi connectivity index (χ3v) is 2.99. The van der Waals surface area contributed by atoms with Crippen LogP contribution in [0.5, 0.6) is 0 Å². The number of hydrogen-bond donors (Lipinski definition) is 0. The highest BCUT2D eigenvalue weighted by Gasteiger charge is 2.12. The Hall–Kier alpha value is -1.55. The molecule has 0 spiro atoms. The van der Waals surface area contributed by atoms with Crippen LogP contribution in [-0.2, 0) is 0 Å². The zero-order chi connectivity index (χ0) is 10.1. The third-order valence-electron chi connectivity index (χ3n) is 2.35. The summed E-state index contributed by atoms with van der Waals surface area (Å²) in [5, 5.41) is 8.54. The minimum atomic E-state index is 0.848. The van der Waals surface area contributed by atoms with Crippen molar-refractivity contribution >= 4 is 33.9 Å². The molecular weight excluding hydrogens is 206 g/mol. The Labute approximate surface area is 91.8 Å². The first kappa shape index (κ1) is 8.73. The third kappa shape index (κ3) is 1.47. The maximum atomic E-state index is 4.39. The van der Waals surface area contributed by atoms with Crippen LogP contribution in [0.25, 0.3) is 10.8 Å². The average Bonchev–Trinajstić information content (AvgIpc) is 2.82. The van der Waals surface area contributed by atoms with Gasteiger partial charge in [-0.3, -0.25) is 0 Å². The fourth-order valence-electron chi connectivity index (χ4n) is 1.65. The largest absolute Gasteiger partial charge is 0.237 e. The summed E-state index contributed by atoms with van der Waals surface area (Å²) in [6.07, 6.45) is 1.83. The molecule has 1 aliphatic rings. The maximum Gasteiger partial charge on any atom is 0.157 e. The predicted octanol–water partition coefficient (Wildman–Crippen LogP) is 2.69. The van der Waals surface area contributed by atoms with Crippen molar-refractivity contribution in [1.82, 2.24) is 4.98 Å². The Balaban J connectivity index is 2.21. The lowest BCUT2D eigenvalue weighted by Gasteiger charge is -2.13. The van der Waals surface area contributed by atoms with Crippen LogP contribution in [-0.4, -0.2) is 16.4 Å². The van der Waals surface area contributed by atoms with E-state index in [1.54, 1.807) is 11.8 Å². The molecule has 4 heteroatoms. The van der Waals surface area contributed by atoms with Crippen LogP contribution in [0.15, 0.2) is 41.6 Å². The molecule has 3 nitrogen and oxygen atoms in total. The van der Waals surface area contributed by atoms with Gasteiger partial charge in [0.05, 0.1) is 11.4 Å². The summed E-state index contributed by atoms with van der Waals surface area (Å²) in [6.45, 7) is 0. The van der Waals surface area contributed by atoms with Crippen LogP contribution in [0.2, 0.25) is 0 Å². The molecule has 1 aromatic heterocycles. The summed E-state index contributed by atoms with van der Waals surface area (Å²) in [6, 6.07) is 10.3. The van der Waals surface area contributed by atoms with E-state index < -0.39 is 0 Å². The molecule has 1 aliphatic heterocycles. The molecule has 0 aliphatic carbocycles. The number of pyridine rings is 1. The smallest absolute Gasteiger partial charge is 0.157 e. The Morgan fingerprint density at radius 1 is 1.20 bits per heavy atom. The summed E-state index contributed by atoms with van der Waals surface area (Å²) in [5.74, 6) is 1.79. The molecule has 0 saturated heterocycles. The van der Waals surface area contributed by atoms with Gasteiger partial charge in [0.25, 0.3) is 0 Å². The first-order valence-corrected chi connectivity index (χ1v) is 5.75. The second-order valence-corrected chi connectivity index (χ2v) is 4.07. The molecule has 0 N–H and O–H groups in total. The summed E-state index contributed by atoms with van der Waals surface area (Å²) < 4.78 is 0.